The molecule has 1 fully saturated rings. The average Bonchev–Trinajstić information content (AvgIpc) is 3.19. The summed E-state index contributed by atoms with van der Waals surface area (Å²) in [6.07, 6.45) is 2.53. The smallest absolute Gasteiger partial charge is 0.191 e. The summed E-state index contributed by atoms with van der Waals surface area (Å²) < 4.78 is 2.25. The largest absolute Gasteiger partial charge is 0.306 e. The van der Waals surface area contributed by atoms with Gasteiger partial charge in [-0.15, -0.1) is 10.2 Å². The molecule has 0 atom stereocenters. The van der Waals surface area contributed by atoms with Crippen LogP contribution in [-0.4, -0.2) is 14.8 Å². The molecule has 1 heterocycles. The maximum absolute atomic E-state index is 5.89. The summed E-state index contributed by atoms with van der Waals surface area (Å²) in [5.41, 5.74) is 1.26. The number of hydrogen-bond acceptors (Lipinski definition) is 3. The second kappa shape index (κ2) is 5.55. The van der Waals surface area contributed by atoms with Gasteiger partial charge in [-0.25, -0.2) is 0 Å². The fraction of sp³-hybridized carbons (Fsp3) is 0.429. The van der Waals surface area contributed by atoms with Crippen molar-refractivity contribution >= 4 is 23.4 Å². The molecule has 1 saturated carbocycles. The standard InChI is InChI=1S/C14H16ClN3S/c1-2-18-13(11-5-6-11)16-17-14(18)19-9-10-3-7-12(15)8-4-10/h3-4,7-8,11H,2,5-6,9H2,1H3. The molecule has 1 aromatic heterocycles. The Kier molecular flexibility index (Phi) is 3.80. The zero-order valence-electron chi connectivity index (χ0n) is 10.8. The van der Waals surface area contributed by atoms with Gasteiger partial charge in [0.2, 0.25) is 0 Å². The molecule has 100 valence electrons. The van der Waals surface area contributed by atoms with E-state index in [1.54, 1.807) is 11.8 Å². The zero-order chi connectivity index (χ0) is 13.2. The van der Waals surface area contributed by atoms with Crippen molar-refractivity contribution in [2.45, 2.75) is 43.1 Å². The van der Waals surface area contributed by atoms with Gasteiger partial charge >= 0.3 is 0 Å². The number of thioether (sulfide) groups is 1. The van der Waals surface area contributed by atoms with Gasteiger partial charge in [0.15, 0.2) is 5.16 Å². The topological polar surface area (TPSA) is 30.7 Å². The average molecular weight is 294 g/mol. The predicted octanol–water partition coefficient (Wildman–Crippen LogP) is 4.12. The zero-order valence-corrected chi connectivity index (χ0v) is 12.4. The third kappa shape index (κ3) is 2.95. The molecule has 3 rings (SSSR count). The lowest BCUT2D eigenvalue weighted by atomic mass is 10.2. The maximum Gasteiger partial charge on any atom is 0.191 e. The number of aromatic nitrogens is 3. The highest BCUT2D eigenvalue weighted by molar-refractivity contribution is 7.98. The van der Waals surface area contributed by atoms with Crippen molar-refractivity contribution in [1.82, 2.24) is 14.8 Å². The van der Waals surface area contributed by atoms with Crippen LogP contribution in [0.15, 0.2) is 29.4 Å². The predicted molar refractivity (Wildman–Crippen MR) is 78.7 cm³/mol. The highest BCUT2D eigenvalue weighted by Gasteiger charge is 2.29. The Balaban J connectivity index is 1.71. The van der Waals surface area contributed by atoms with Crippen molar-refractivity contribution in [2.24, 2.45) is 0 Å². The van der Waals surface area contributed by atoms with E-state index in [2.05, 4.69) is 33.8 Å². The third-order valence-corrected chi connectivity index (χ3v) is 4.58. The summed E-state index contributed by atoms with van der Waals surface area (Å²) in [5.74, 6) is 2.72. The quantitative estimate of drug-likeness (QED) is 0.777. The van der Waals surface area contributed by atoms with Crippen molar-refractivity contribution in [2.75, 3.05) is 0 Å². The van der Waals surface area contributed by atoms with Crippen LogP contribution in [0.1, 0.15) is 37.1 Å². The van der Waals surface area contributed by atoms with E-state index < -0.39 is 0 Å². The van der Waals surface area contributed by atoms with E-state index in [1.807, 2.05) is 12.1 Å². The molecule has 5 heteroatoms. The summed E-state index contributed by atoms with van der Waals surface area (Å²) in [6, 6.07) is 7.98. The first kappa shape index (κ1) is 13.0. The lowest BCUT2D eigenvalue weighted by molar-refractivity contribution is 0.643. The molecule has 0 radical (unpaired) electrons. The molecule has 1 aliphatic carbocycles. The van der Waals surface area contributed by atoms with Gasteiger partial charge in [0.1, 0.15) is 5.82 Å². The van der Waals surface area contributed by atoms with E-state index in [1.165, 1.54) is 24.2 Å². The molecular formula is C14H16ClN3S. The van der Waals surface area contributed by atoms with Gasteiger partial charge in [0.05, 0.1) is 0 Å². The van der Waals surface area contributed by atoms with Crippen LogP contribution in [0.25, 0.3) is 0 Å². The second-order valence-corrected chi connectivity index (χ2v) is 6.15. The first-order valence-electron chi connectivity index (χ1n) is 6.58. The Morgan fingerprint density at radius 1 is 1.26 bits per heavy atom. The van der Waals surface area contributed by atoms with Crippen LogP contribution in [-0.2, 0) is 12.3 Å². The van der Waals surface area contributed by atoms with Crippen molar-refractivity contribution in [1.29, 1.82) is 0 Å². The molecule has 1 aromatic carbocycles. The van der Waals surface area contributed by atoms with Crippen LogP contribution in [0.5, 0.6) is 0 Å². The number of halogens is 1. The van der Waals surface area contributed by atoms with Gasteiger partial charge in [0.25, 0.3) is 0 Å². The van der Waals surface area contributed by atoms with Crippen LogP contribution < -0.4 is 0 Å². The van der Waals surface area contributed by atoms with E-state index in [0.29, 0.717) is 5.92 Å². The Hall–Kier alpha value is -1.00. The summed E-state index contributed by atoms with van der Waals surface area (Å²) in [7, 11) is 0. The van der Waals surface area contributed by atoms with Gasteiger partial charge in [-0.2, -0.15) is 0 Å². The van der Waals surface area contributed by atoms with Crippen LogP contribution >= 0.6 is 23.4 Å². The van der Waals surface area contributed by atoms with Crippen LogP contribution in [0.3, 0.4) is 0 Å². The molecule has 0 bridgehead atoms. The summed E-state index contributed by atoms with van der Waals surface area (Å²) in [6.45, 7) is 3.10. The first-order chi connectivity index (χ1) is 9.28. The molecule has 0 unspecified atom stereocenters. The number of nitrogens with zero attached hydrogens (tertiary/aromatic N) is 3. The van der Waals surface area contributed by atoms with E-state index >= 15 is 0 Å². The molecule has 0 saturated heterocycles. The Bertz CT molecular complexity index is 561. The van der Waals surface area contributed by atoms with Gasteiger partial charge in [-0.05, 0) is 37.5 Å². The van der Waals surface area contributed by atoms with Crippen LogP contribution in [0.2, 0.25) is 5.02 Å². The van der Waals surface area contributed by atoms with Crippen molar-refractivity contribution in [3.8, 4) is 0 Å². The fourth-order valence-electron chi connectivity index (χ4n) is 2.08. The van der Waals surface area contributed by atoms with Gasteiger partial charge in [-0.3, -0.25) is 0 Å². The minimum atomic E-state index is 0.650. The number of benzene rings is 1. The highest BCUT2D eigenvalue weighted by Crippen LogP contribution is 2.40. The van der Waals surface area contributed by atoms with Gasteiger partial charge < -0.3 is 4.57 Å². The van der Waals surface area contributed by atoms with Crippen molar-refractivity contribution in [3.63, 3.8) is 0 Å². The fourth-order valence-corrected chi connectivity index (χ4v) is 3.17. The molecular weight excluding hydrogens is 278 g/mol. The van der Waals surface area contributed by atoms with Crippen molar-refractivity contribution in [3.05, 3.63) is 40.7 Å². The molecule has 0 N–H and O–H groups in total. The Morgan fingerprint density at radius 3 is 2.63 bits per heavy atom. The highest BCUT2D eigenvalue weighted by atomic mass is 35.5. The Labute approximate surface area is 122 Å². The SMILES string of the molecule is CCn1c(SCc2ccc(Cl)cc2)nnc1C1CC1. The third-order valence-electron chi connectivity index (χ3n) is 3.29. The van der Waals surface area contributed by atoms with Crippen molar-refractivity contribution < 1.29 is 0 Å². The van der Waals surface area contributed by atoms with Crippen LogP contribution in [0, 0.1) is 0 Å². The number of hydrogen-bond donors (Lipinski definition) is 0. The molecule has 0 spiro atoms. The lowest BCUT2D eigenvalue weighted by Crippen LogP contribution is -2.01. The summed E-state index contributed by atoms with van der Waals surface area (Å²) in [4.78, 5) is 0. The molecule has 19 heavy (non-hydrogen) atoms. The van der Waals surface area contributed by atoms with E-state index in [9.17, 15) is 0 Å². The summed E-state index contributed by atoms with van der Waals surface area (Å²) in [5, 5.41) is 10.5. The van der Waals surface area contributed by atoms with Crippen LogP contribution in [0.4, 0.5) is 0 Å². The monoisotopic (exact) mass is 293 g/mol. The van der Waals surface area contributed by atoms with E-state index in [0.717, 1.165) is 22.5 Å². The molecule has 1 aliphatic rings. The molecule has 0 amide bonds. The molecule has 2 aromatic rings. The second-order valence-electron chi connectivity index (χ2n) is 4.77. The summed E-state index contributed by atoms with van der Waals surface area (Å²) >= 11 is 7.63. The minimum Gasteiger partial charge on any atom is -0.306 e. The number of rotatable bonds is 5. The first-order valence-corrected chi connectivity index (χ1v) is 7.94. The van der Waals surface area contributed by atoms with Gasteiger partial charge in [-0.1, -0.05) is 35.5 Å². The van der Waals surface area contributed by atoms with E-state index in [4.69, 9.17) is 11.6 Å². The normalized spacial score (nSPS) is 14.8. The molecule has 3 nitrogen and oxygen atoms in total. The van der Waals surface area contributed by atoms with Gasteiger partial charge in [0, 0.05) is 23.2 Å². The Morgan fingerprint density at radius 2 is 2.00 bits per heavy atom. The molecule has 0 aliphatic heterocycles. The van der Waals surface area contributed by atoms with E-state index in [-0.39, 0.29) is 0 Å². The minimum absolute atomic E-state index is 0.650. The lowest BCUT2D eigenvalue weighted by Gasteiger charge is -2.06. The maximum atomic E-state index is 5.89.